The van der Waals surface area contributed by atoms with Crippen LogP contribution in [0.2, 0.25) is 0 Å². The van der Waals surface area contributed by atoms with Gasteiger partial charge in [0.25, 0.3) is 0 Å². The molecular formula is C9H16N3O2S-. The third-order valence-corrected chi connectivity index (χ3v) is 2.88. The van der Waals surface area contributed by atoms with Gasteiger partial charge in [-0.15, -0.1) is 0 Å². The summed E-state index contributed by atoms with van der Waals surface area (Å²) in [7, 11) is 0. The van der Waals surface area contributed by atoms with Gasteiger partial charge in [0, 0.05) is 12.6 Å². The van der Waals surface area contributed by atoms with Crippen LogP contribution in [0, 0.1) is 5.92 Å². The highest BCUT2D eigenvalue weighted by molar-refractivity contribution is 7.80. The summed E-state index contributed by atoms with van der Waals surface area (Å²) >= 11 is 4.71. The van der Waals surface area contributed by atoms with Crippen molar-refractivity contribution in [2.24, 2.45) is 11.7 Å². The van der Waals surface area contributed by atoms with Gasteiger partial charge in [0.1, 0.15) is 6.09 Å². The molecule has 1 rings (SSSR count). The van der Waals surface area contributed by atoms with Crippen molar-refractivity contribution in [3.63, 3.8) is 0 Å². The number of thiocarbonyl (C=S) groups is 1. The van der Waals surface area contributed by atoms with E-state index in [4.69, 9.17) is 18.0 Å². The van der Waals surface area contributed by atoms with E-state index in [9.17, 15) is 9.90 Å². The van der Waals surface area contributed by atoms with Gasteiger partial charge in [0.2, 0.25) is 0 Å². The summed E-state index contributed by atoms with van der Waals surface area (Å²) in [5, 5.41) is 16.0. The quantitative estimate of drug-likeness (QED) is 0.558. The maximum atomic E-state index is 10.3. The fraction of sp³-hybridized carbons (Fsp3) is 0.778. The smallest absolute Gasteiger partial charge is 0.163 e. The summed E-state index contributed by atoms with van der Waals surface area (Å²) in [6.45, 7) is 0.785. The van der Waals surface area contributed by atoms with E-state index in [2.05, 4.69) is 10.6 Å². The Labute approximate surface area is 94.4 Å². The van der Waals surface area contributed by atoms with Crippen LogP contribution in [0.25, 0.3) is 0 Å². The van der Waals surface area contributed by atoms with Gasteiger partial charge in [-0.25, -0.2) is 0 Å². The Balaban J connectivity index is 2.18. The maximum Gasteiger partial charge on any atom is 0.163 e. The second-order valence-corrected chi connectivity index (χ2v) is 4.33. The molecule has 1 saturated carbocycles. The zero-order chi connectivity index (χ0) is 11.3. The highest BCUT2D eigenvalue weighted by atomic mass is 32.1. The fourth-order valence-corrected chi connectivity index (χ4v) is 2.01. The minimum absolute atomic E-state index is 0.0519. The van der Waals surface area contributed by atoms with E-state index < -0.39 is 6.09 Å². The molecule has 0 heterocycles. The number of carboxylic acid groups (broad SMARTS) is 1. The van der Waals surface area contributed by atoms with Crippen LogP contribution >= 0.6 is 12.2 Å². The molecular weight excluding hydrogens is 214 g/mol. The second kappa shape index (κ2) is 5.75. The van der Waals surface area contributed by atoms with Crippen LogP contribution in [-0.4, -0.2) is 23.8 Å². The third kappa shape index (κ3) is 4.83. The molecule has 1 aliphatic carbocycles. The summed E-state index contributed by atoms with van der Waals surface area (Å²) in [5.41, 5.74) is 5.32. The van der Waals surface area contributed by atoms with E-state index >= 15 is 0 Å². The molecule has 15 heavy (non-hydrogen) atoms. The molecule has 0 spiro atoms. The van der Waals surface area contributed by atoms with Crippen molar-refractivity contribution in [2.45, 2.75) is 31.7 Å². The Bertz CT molecular complexity index is 240. The van der Waals surface area contributed by atoms with Crippen LogP contribution in [0.15, 0.2) is 0 Å². The molecule has 0 aromatic heterocycles. The summed E-state index contributed by atoms with van der Waals surface area (Å²) in [5.74, 6) is 0.534. The average Bonchev–Trinajstić information content (AvgIpc) is 2.16. The molecule has 0 aliphatic heterocycles. The molecule has 0 radical (unpaired) electrons. The average molecular weight is 230 g/mol. The summed E-state index contributed by atoms with van der Waals surface area (Å²) in [4.78, 5) is 10.3. The molecule has 1 aliphatic rings. The highest BCUT2D eigenvalue weighted by Gasteiger charge is 2.20. The molecule has 0 aromatic carbocycles. The number of carbonyl (C=O) groups is 1. The molecule has 1 fully saturated rings. The Kier molecular flexibility index (Phi) is 4.61. The molecule has 5 nitrogen and oxygen atoms in total. The Morgan fingerprint density at radius 1 is 1.40 bits per heavy atom. The first-order valence-electron chi connectivity index (χ1n) is 5.08. The number of amides is 1. The first-order chi connectivity index (χ1) is 7.08. The van der Waals surface area contributed by atoms with Crippen molar-refractivity contribution in [1.29, 1.82) is 0 Å². The summed E-state index contributed by atoms with van der Waals surface area (Å²) < 4.78 is 0. The predicted molar refractivity (Wildman–Crippen MR) is 59.1 cm³/mol. The van der Waals surface area contributed by atoms with Crippen molar-refractivity contribution in [2.75, 3.05) is 6.54 Å². The Morgan fingerprint density at radius 2 is 2.00 bits per heavy atom. The van der Waals surface area contributed by atoms with E-state index in [1.165, 1.54) is 0 Å². The lowest BCUT2D eigenvalue weighted by molar-refractivity contribution is -0.251. The molecule has 6 heteroatoms. The van der Waals surface area contributed by atoms with Gasteiger partial charge in [-0.05, 0) is 43.8 Å². The van der Waals surface area contributed by atoms with Gasteiger partial charge < -0.3 is 26.3 Å². The minimum Gasteiger partial charge on any atom is -0.530 e. The molecule has 0 bridgehead atoms. The van der Waals surface area contributed by atoms with E-state index in [0.29, 0.717) is 11.0 Å². The number of carbonyl (C=O) groups excluding carboxylic acids is 1. The lowest BCUT2D eigenvalue weighted by Crippen LogP contribution is -2.45. The third-order valence-electron chi connectivity index (χ3n) is 2.73. The minimum atomic E-state index is -1.18. The van der Waals surface area contributed by atoms with Gasteiger partial charge in [-0.3, -0.25) is 0 Å². The summed E-state index contributed by atoms with van der Waals surface area (Å²) in [6, 6.07) is 0.0519. The lowest BCUT2D eigenvalue weighted by atomic mass is 9.86. The van der Waals surface area contributed by atoms with Gasteiger partial charge in [-0.1, -0.05) is 0 Å². The van der Waals surface area contributed by atoms with Gasteiger partial charge in [0.15, 0.2) is 5.11 Å². The Hall–Kier alpha value is -1.04. The first-order valence-corrected chi connectivity index (χ1v) is 5.49. The van der Waals surface area contributed by atoms with Gasteiger partial charge in [0.05, 0.1) is 0 Å². The molecule has 0 saturated heterocycles. The first kappa shape index (κ1) is 12.0. The number of nitrogens with one attached hydrogen (secondary N) is 2. The van der Waals surface area contributed by atoms with E-state index in [1.807, 2.05) is 0 Å². The van der Waals surface area contributed by atoms with Gasteiger partial charge in [-0.2, -0.15) is 0 Å². The molecule has 0 aromatic rings. The van der Waals surface area contributed by atoms with E-state index in [1.54, 1.807) is 0 Å². The van der Waals surface area contributed by atoms with Gasteiger partial charge >= 0.3 is 0 Å². The van der Waals surface area contributed by atoms with Crippen LogP contribution in [0.5, 0.6) is 0 Å². The highest BCUT2D eigenvalue weighted by Crippen LogP contribution is 2.23. The fourth-order valence-electron chi connectivity index (χ4n) is 1.92. The maximum absolute atomic E-state index is 10.3. The monoisotopic (exact) mass is 230 g/mol. The SMILES string of the molecule is NC(=S)NCC1CCC(NC(=O)[O-])CC1. The topological polar surface area (TPSA) is 90.2 Å². The van der Waals surface area contributed by atoms with Crippen molar-refractivity contribution in [1.82, 2.24) is 10.6 Å². The van der Waals surface area contributed by atoms with Crippen molar-refractivity contribution < 1.29 is 9.90 Å². The number of hydrogen-bond acceptors (Lipinski definition) is 3. The number of hydrogen-bond donors (Lipinski definition) is 3. The van der Waals surface area contributed by atoms with Crippen molar-refractivity contribution >= 4 is 23.4 Å². The zero-order valence-corrected chi connectivity index (χ0v) is 9.31. The van der Waals surface area contributed by atoms with E-state index in [0.717, 1.165) is 32.2 Å². The second-order valence-electron chi connectivity index (χ2n) is 3.89. The largest absolute Gasteiger partial charge is 0.530 e. The molecule has 0 atom stereocenters. The van der Waals surface area contributed by atoms with Crippen molar-refractivity contribution in [3.05, 3.63) is 0 Å². The molecule has 86 valence electrons. The predicted octanol–water partition coefficient (Wildman–Crippen LogP) is -0.689. The zero-order valence-electron chi connectivity index (χ0n) is 8.49. The number of nitrogens with two attached hydrogens (primary N) is 1. The number of rotatable bonds is 3. The van der Waals surface area contributed by atoms with Crippen LogP contribution in [0.3, 0.4) is 0 Å². The van der Waals surface area contributed by atoms with Crippen LogP contribution in [-0.2, 0) is 0 Å². The van der Waals surface area contributed by atoms with Crippen LogP contribution in [0.4, 0.5) is 4.79 Å². The lowest BCUT2D eigenvalue weighted by Gasteiger charge is -2.29. The molecule has 4 N–H and O–H groups in total. The normalized spacial score (nSPS) is 25.6. The summed E-state index contributed by atoms with van der Waals surface area (Å²) in [6.07, 6.45) is 2.51. The van der Waals surface area contributed by atoms with Crippen LogP contribution in [0.1, 0.15) is 25.7 Å². The van der Waals surface area contributed by atoms with Crippen molar-refractivity contribution in [3.8, 4) is 0 Å². The Morgan fingerprint density at radius 3 is 2.47 bits per heavy atom. The molecule has 0 unspecified atom stereocenters. The van der Waals surface area contributed by atoms with Crippen LogP contribution < -0.4 is 21.5 Å². The molecule has 1 amide bonds. The van der Waals surface area contributed by atoms with E-state index in [-0.39, 0.29) is 6.04 Å². The standard InChI is InChI=1S/C9H17N3O2S/c10-8(15)11-5-6-1-3-7(4-2-6)12-9(13)14/h6-7,12H,1-5H2,(H,13,14)(H3,10,11,15)/p-1.